The molecule has 0 fully saturated rings. The summed E-state index contributed by atoms with van der Waals surface area (Å²) in [6, 6.07) is 45.7. The van der Waals surface area contributed by atoms with Crippen LogP contribution in [0.2, 0.25) is 0 Å². The highest BCUT2D eigenvalue weighted by Gasteiger charge is 2.18. The van der Waals surface area contributed by atoms with E-state index in [2.05, 4.69) is 66.7 Å². The topological polar surface area (TPSA) is 51.6 Å². The molecule has 4 nitrogen and oxygen atoms in total. The van der Waals surface area contributed by atoms with Crippen molar-refractivity contribution in [2.24, 2.45) is 0 Å². The van der Waals surface area contributed by atoms with Crippen molar-refractivity contribution in [1.29, 1.82) is 0 Å². The molecule has 0 unspecified atom stereocenters. The van der Waals surface area contributed by atoms with E-state index in [1.807, 2.05) is 66.7 Å². The summed E-state index contributed by atoms with van der Waals surface area (Å²) in [5, 5.41) is 5.52. The van der Waals surface area contributed by atoms with Gasteiger partial charge in [-0.1, -0.05) is 121 Å². The predicted molar refractivity (Wildman–Crippen MR) is 170 cm³/mol. The molecule has 2 heterocycles. The van der Waals surface area contributed by atoms with Gasteiger partial charge in [-0.25, -0.2) is 19.9 Å². The number of hydrogen-bond acceptors (Lipinski definition) is 5. The summed E-state index contributed by atoms with van der Waals surface area (Å²) in [7, 11) is 0. The number of aromatic nitrogens is 4. The van der Waals surface area contributed by atoms with Gasteiger partial charge in [-0.15, -0.1) is 11.3 Å². The minimum atomic E-state index is 0.652. The van der Waals surface area contributed by atoms with Gasteiger partial charge in [0.1, 0.15) is 5.01 Å². The van der Waals surface area contributed by atoms with E-state index in [1.54, 1.807) is 11.3 Å². The molecule has 41 heavy (non-hydrogen) atoms. The van der Waals surface area contributed by atoms with Crippen LogP contribution in [0.4, 0.5) is 0 Å². The first-order chi connectivity index (χ1) is 20.3. The Kier molecular flexibility index (Phi) is 5.61. The molecule has 5 heteroatoms. The second-order valence-corrected chi connectivity index (χ2v) is 10.9. The van der Waals surface area contributed by atoms with E-state index in [0.29, 0.717) is 17.5 Å². The zero-order valence-electron chi connectivity index (χ0n) is 21.9. The normalized spacial score (nSPS) is 11.4. The van der Waals surface area contributed by atoms with Crippen LogP contribution in [0.25, 0.3) is 76.5 Å². The van der Waals surface area contributed by atoms with Gasteiger partial charge < -0.3 is 0 Å². The zero-order chi connectivity index (χ0) is 27.2. The lowest BCUT2D eigenvalue weighted by molar-refractivity contribution is 1.08. The summed E-state index contributed by atoms with van der Waals surface area (Å²) in [5.41, 5.74) is 5.05. The predicted octanol–water partition coefficient (Wildman–Crippen LogP) is 9.46. The van der Waals surface area contributed by atoms with Crippen LogP contribution in [0, 0.1) is 0 Å². The third kappa shape index (κ3) is 4.15. The van der Waals surface area contributed by atoms with Gasteiger partial charge in [0.05, 0.1) is 10.2 Å². The van der Waals surface area contributed by atoms with Crippen molar-refractivity contribution >= 4 is 43.1 Å². The highest BCUT2D eigenvalue weighted by molar-refractivity contribution is 7.21. The second-order valence-electron chi connectivity index (χ2n) is 9.90. The average Bonchev–Trinajstić information content (AvgIpc) is 3.50. The molecule has 0 saturated carbocycles. The van der Waals surface area contributed by atoms with Gasteiger partial charge in [-0.3, -0.25) is 0 Å². The van der Waals surface area contributed by atoms with Gasteiger partial charge in [0, 0.05) is 27.6 Å². The lowest BCUT2D eigenvalue weighted by atomic mass is 9.96. The van der Waals surface area contributed by atoms with E-state index >= 15 is 0 Å². The molecule has 0 bridgehead atoms. The Balaban J connectivity index is 1.40. The molecule has 0 radical (unpaired) electrons. The summed E-state index contributed by atoms with van der Waals surface area (Å²) >= 11 is 1.73. The van der Waals surface area contributed by atoms with Crippen molar-refractivity contribution in [3.05, 3.63) is 133 Å². The molecule has 0 saturated heterocycles. The van der Waals surface area contributed by atoms with Crippen LogP contribution in [0.5, 0.6) is 0 Å². The fourth-order valence-corrected chi connectivity index (χ4v) is 6.38. The van der Waals surface area contributed by atoms with E-state index in [1.165, 1.54) is 4.70 Å². The SMILES string of the molecule is c1ccc(-c2nc(-c3ccccc3)nc(-c3cc4ccc5sc(-c6ccccc6)nc5c4c4ccccc34)n2)cc1. The van der Waals surface area contributed by atoms with Crippen LogP contribution in [0.3, 0.4) is 0 Å². The van der Waals surface area contributed by atoms with Crippen molar-refractivity contribution in [2.45, 2.75) is 0 Å². The number of nitrogens with zero attached hydrogens (tertiary/aromatic N) is 4. The summed E-state index contributed by atoms with van der Waals surface area (Å²) in [6.45, 7) is 0. The monoisotopic (exact) mass is 542 g/mol. The highest BCUT2D eigenvalue weighted by atomic mass is 32.1. The van der Waals surface area contributed by atoms with Crippen LogP contribution in [-0.4, -0.2) is 19.9 Å². The third-order valence-corrected chi connectivity index (χ3v) is 8.41. The molecule has 0 aliphatic carbocycles. The Labute approximate surface area is 240 Å². The molecule has 0 aliphatic heterocycles. The van der Waals surface area contributed by atoms with Crippen LogP contribution >= 0.6 is 11.3 Å². The van der Waals surface area contributed by atoms with Crippen LogP contribution in [-0.2, 0) is 0 Å². The summed E-state index contributed by atoms with van der Waals surface area (Å²) in [6.07, 6.45) is 0. The molecule has 0 N–H and O–H groups in total. The largest absolute Gasteiger partial charge is 0.235 e. The highest BCUT2D eigenvalue weighted by Crippen LogP contribution is 2.40. The number of rotatable bonds is 4. The quantitative estimate of drug-likeness (QED) is 0.208. The van der Waals surface area contributed by atoms with Gasteiger partial charge in [0.15, 0.2) is 17.5 Å². The van der Waals surface area contributed by atoms with E-state index in [0.717, 1.165) is 54.3 Å². The number of thiazole rings is 1. The molecular formula is C36H22N4S. The lowest BCUT2D eigenvalue weighted by Gasteiger charge is -2.12. The first kappa shape index (κ1) is 23.6. The fourth-order valence-electron chi connectivity index (χ4n) is 5.40. The van der Waals surface area contributed by atoms with Crippen molar-refractivity contribution < 1.29 is 0 Å². The standard InChI is InChI=1S/C36H22N4S/c1-4-12-23(13-5-1)33-38-34(24-14-6-2-7-15-24)40-35(39-33)29-22-26-20-21-30-32(31(26)28-19-11-10-18-27(28)29)37-36(41-30)25-16-8-3-9-17-25/h1-22H. The first-order valence-corrected chi connectivity index (χ1v) is 14.3. The van der Waals surface area contributed by atoms with Gasteiger partial charge in [-0.05, 0) is 28.3 Å². The average molecular weight is 543 g/mol. The van der Waals surface area contributed by atoms with Gasteiger partial charge in [0.2, 0.25) is 0 Å². The first-order valence-electron chi connectivity index (χ1n) is 13.5. The van der Waals surface area contributed by atoms with E-state index in [4.69, 9.17) is 19.9 Å². The summed E-state index contributed by atoms with van der Waals surface area (Å²) in [5.74, 6) is 1.96. The lowest BCUT2D eigenvalue weighted by Crippen LogP contribution is -2.00. The van der Waals surface area contributed by atoms with Gasteiger partial charge >= 0.3 is 0 Å². The van der Waals surface area contributed by atoms with E-state index in [-0.39, 0.29) is 0 Å². The summed E-state index contributed by atoms with van der Waals surface area (Å²) in [4.78, 5) is 20.1. The Morgan fingerprint density at radius 2 is 0.976 bits per heavy atom. The van der Waals surface area contributed by atoms with E-state index < -0.39 is 0 Å². The maximum Gasteiger partial charge on any atom is 0.164 e. The number of hydrogen-bond donors (Lipinski definition) is 0. The maximum absolute atomic E-state index is 5.15. The van der Waals surface area contributed by atoms with Crippen LogP contribution < -0.4 is 0 Å². The molecule has 8 aromatic rings. The Morgan fingerprint density at radius 3 is 1.61 bits per heavy atom. The van der Waals surface area contributed by atoms with Gasteiger partial charge in [0.25, 0.3) is 0 Å². The molecule has 2 aromatic heterocycles. The Bertz CT molecular complexity index is 2130. The van der Waals surface area contributed by atoms with Crippen molar-refractivity contribution in [1.82, 2.24) is 19.9 Å². The third-order valence-electron chi connectivity index (χ3n) is 7.34. The molecule has 8 rings (SSSR count). The van der Waals surface area contributed by atoms with Crippen molar-refractivity contribution in [2.75, 3.05) is 0 Å². The molecule has 6 aromatic carbocycles. The van der Waals surface area contributed by atoms with Crippen LogP contribution in [0.15, 0.2) is 133 Å². The second kappa shape index (κ2) is 9.73. The van der Waals surface area contributed by atoms with Crippen LogP contribution in [0.1, 0.15) is 0 Å². The molecule has 0 aliphatic rings. The molecular weight excluding hydrogens is 520 g/mol. The molecule has 192 valence electrons. The maximum atomic E-state index is 5.15. The minimum Gasteiger partial charge on any atom is -0.235 e. The van der Waals surface area contributed by atoms with Crippen molar-refractivity contribution in [3.8, 4) is 44.7 Å². The zero-order valence-corrected chi connectivity index (χ0v) is 22.7. The number of benzene rings is 6. The fraction of sp³-hybridized carbons (Fsp3) is 0. The summed E-state index contributed by atoms with van der Waals surface area (Å²) < 4.78 is 1.17. The molecule has 0 amide bonds. The van der Waals surface area contributed by atoms with Gasteiger partial charge in [-0.2, -0.15) is 0 Å². The Hall–Kier alpha value is -5.26. The molecule has 0 spiro atoms. The smallest absolute Gasteiger partial charge is 0.164 e. The van der Waals surface area contributed by atoms with Crippen molar-refractivity contribution in [3.63, 3.8) is 0 Å². The Morgan fingerprint density at radius 1 is 0.439 bits per heavy atom. The number of fused-ring (bicyclic) bond motifs is 5. The molecule has 0 atom stereocenters. The van der Waals surface area contributed by atoms with E-state index in [9.17, 15) is 0 Å². The minimum absolute atomic E-state index is 0.652.